The molecule has 0 spiro atoms. The Hall–Kier alpha value is -4.47. The van der Waals surface area contributed by atoms with Gasteiger partial charge in [0, 0.05) is 23.0 Å². The minimum atomic E-state index is -4.54. The molecule has 1 unspecified atom stereocenters. The van der Waals surface area contributed by atoms with E-state index in [-0.39, 0.29) is 11.4 Å². The van der Waals surface area contributed by atoms with Gasteiger partial charge in [-0.2, -0.15) is 13.2 Å². The maximum Gasteiger partial charge on any atom is 0.416 e. The lowest BCUT2D eigenvalue weighted by molar-refractivity contribution is -0.137. The van der Waals surface area contributed by atoms with Crippen LogP contribution in [-0.4, -0.2) is 26.9 Å². The van der Waals surface area contributed by atoms with Crippen molar-refractivity contribution in [3.8, 4) is 11.3 Å². The summed E-state index contributed by atoms with van der Waals surface area (Å²) in [5.74, 6) is -0.663. The van der Waals surface area contributed by atoms with Gasteiger partial charge in [-0.1, -0.05) is 12.1 Å². The zero-order valence-corrected chi connectivity index (χ0v) is 19.5. The number of halogens is 4. The van der Waals surface area contributed by atoms with Crippen molar-refractivity contribution in [3.63, 3.8) is 0 Å². The fourth-order valence-electron chi connectivity index (χ4n) is 4.08. The van der Waals surface area contributed by atoms with Gasteiger partial charge in [0.15, 0.2) is 0 Å². The highest BCUT2D eigenvalue weighted by Crippen LogP contribution is 2.30. The largest absolute Gasteiger partial charge is 0.416 e. The standard InChI is InChI=1S/C27H21F4N5O/c1-15-5-10-20(33-25(37)17-3-2-4-18(13-17)27(29,30)31)14-22(15)35-26-34-21-11-12-32-24(21)23(36-26)16-6-8-19(28)9-7-16/h2-9,11-14,20,32H,10H2,1H3,(H,33,37)(H,34,35,36). The number of fused-ring (bicyclic) bond motifs is 1. The Balaban J connectivity index is 1.39. The average molecular weight is 507 g/mol. The molecule has 37 heavy (non-hydrogen) atoms. The highest BCUT2D eigenvalue weighted by Gasteiger charge is 2.31. The summed E-state index contributed by atoms with van der Waals surface area (Å²) in [6.45, 7) is 1.89. The van der Waals surface area contributed by atoms with E-state index >= 15 is 0 Å². The first kappa shape index (κ1) is 24.2. The fraction of sp³-hybridized carbons (Fsp3) is 0.148. The van der Waals surface area contributed by atoms with Gasteiger partial charge in [0.25, 0.3) is 5.91 Å². The Bertz CT molecular complexity index is 1540. The Morgan fingerprint density at radius 1 is 1.08 bits per heavy atom. The van der Waals surface area contributed by atoms with E-state index < -0.39 is 23.7 Å². The van der Waals surface area contributed by atoms with Crippen LogP contribution in [0.2, 0.25) is 0 Å². The van der Waals surface area contributed by atoms with Crippen LogP contribution in [0.25, 0.3) is 22.3 Å². The van der Waals surface area contributed by atoms with Gasteiger partial charge in [-0.3, -0.25) is 4.79 Å². The van der Waals surface area contributed by atoms with Crippen LogP contribution < -0.4 is 10.6 Å². The highest BCUT2D eigenvalue weighted by atomic mass is 19.4. The van der Waals surface area contributed by atoms with Crippen LogP contribution >= 0.6 is 0 Å². The maximum atomic E-state index is 13.4. The number of allylic oxidation sites excluding steroid dienone is 1. The summed E-state index contributed by atoms with van der Waals surface area (Å²) in [5.41, 5.74) is 3.24. The van der Waals surface area contributed by atoms with E-state index in [4.69, 9.17) is 0 Å². The number of rotatable bonds is 5. The summed E-state index contributed by atoms with van der Waals surface area (Å²) < 4.78 is 52.6. The highest BCUT2D eigenvalue weighted by molar-refractivity contribution is 5.95. The van der Waals surface area contributed by atoms with Crippen molar-refractivity contribution in [2.45, 2.75) is 25.6 Å². The number of hydrogen-bond acceptors (Lipinski definition) is 4. The quantitative estimate of drug-likeness (QED) is 0.280. The molecule has 0 saturated heterocycles. The average Bonchev–Trinajstić information content (AvgIpc) is 3.34. The molecule has 3 N–H and O–H groups in total. The number of nitrogens with one attached hydrogen (secondary N) is 3. The summed E-state index contributed by atoms with van der Waals surface area (Å²) in [5, 5.41) is 5.96. The number of nitrogens with zero attached hydrogens (tertiary/aromatic N) is 2. The molecular weight excluding hydrogens is 486 g/mol. The second kappa shape index (κ2) is 9.53. The van der Waals surface area contributed by atoms with Gasteiger partial charge in [0.05, 0.1) is 28.3 Å². The van der Waals surface area contributed by atoms with Crippen molar-refractivity contribution >= 4 is 22.9 Å². The second-order valence-electron chi connectivity index (χ2n) is 8.63. The molecule has 5 rings (SSSR count). The number of aromatic nitrogens is 3. The molecule has 188 valence electrons. The monoisotopic (exact) mass is 507 g/mol. The molecule has 0 radical (unpaired) electrons. The Kier molecular flexibility index (Phi) is 6.24. The summed E-state index contributed by atoms with van der Waals surface area (Å²) in [7, 11) is 0. The first-order valence-electron chi connectivity index (χ1n) is 11.4. The normalized spacial score (nSPS) is 15.8. The van der Waals surface area contributed by atoms with Crippen LogP contribution in [0.3, 0.4) is 0 Å². The number of anilines is 1. The van der Waals surface area contributed by atoms with Crippen molar-refractivity contribution in [2.75, 3.05) is 5.32 Å². The number of amides is 1. The fourth-order valence-corrected chi connectivity index (χ4v) is 4.08. The summed E-state index contributed by atoms with van der Waals surface area (Å²) >= 11 is 0. The number of H-pyrrole nitrogens is 1. The van der Waals surface area contributed by atoms with Crippen LogP contribution in [0, 0.1) is 5.82 Å². The Labute approximate surface area is 209 Å². The topological polar surface area (TPSA) is 82.7 Å². The minimum absolute atomic E-state index is 0.0748. The van der Waals surface area contributed by atoms with E-state index in [9.17, 15) is 22.4 Å². The van der Waals surface area contributed by atoms with Crippen molar-refractivity contribution < 1.29 is 22.4 Å². The van der Waals surface area contributed by atoms with Gasteiger partial charge >= 0.3 is 6.18 Å². The van der Waals surface area contributed by atoms with Crippen molar-refractivity contribution in [3.05, 3.63) is 101 Å². The number of alkyl halides is 3. The second-order valence-corrected chi connectivity index (χ2v) is 8.63. The van der Waals surface area contributed by atoms with Crippen molar-refractivity contribution in [1.29, 1.82) is 0 Å². The molecule has 4 aromatic rings. The molecule has 2 heterocycles. The molecule has 10 heteroatoms. The van der Waals surface area contributed by atoms with Crippen LogP contribution in [0.4, 0.5) is 23.5 Å². The van der Waals surface area contributed by atoms with Crippen LogP contribution in [-0.2, 0) is 6.18 Å². The lowest BCUT2D eigenvalue weighted by Gasteiger charge is -2.22. The van der Waals surface area contributed by atoms with Gasteiger partial charge in [-0.25, -0.2) is 14.4 Å². The SMILES string of the molecule is CC1=CCC(NC(=O)c2cccc(C(F)(F)F)c2)C=C1Nc1nc(-c2ccc(F)cc2)c2[nH]ccc2n1. The molecule has 0 fully saturated rings. The Morgan fingerprint density at radius 3 is 2.62 bits per heavy atom. The summed E-state index contributed by atoms with van der Waals surface area (Å²) in [6, 6.07) is 11.6. The molecule has 1 atom stereocenters. The molecule has 2 aromatic heterocycles. The number of benzene rings is 2. The predicted molar refractivity (Wildman–Crippen MR) is 132 cm³/mol. The van der Waals surface area contributed by atoms with Gasteiger partial charge in [0.2, 0.25) is 5.95 Å². The van der Waals surface area contributed by atoms with Crippen LogP contribution in [0.5, 0.6) is 0 Å². The van der Waals surface area contributed by atoms with Gasteiger partial charge in [-0.15, -0.1) is 0 Å². The van der Waals surface area contributed by atoms with E-state index in [1.807, 2.05) is 13.0 Å². The summed E-state index contributed by atoms with van der Waals surface area (Å²) in [4.78, 5) is 25.0. The zero-order valence-electron chi connectivity index (χ0n) is 19.5. The Morgan fingerprint density at radius 2 is 1.86 bits per heavy atom. The van der Waals surface area contributed by atoms with E-state index in [1.54, 1.807) is 30.5 Å². The van der Waals surface area contributed by atoms with Crippen LogP contribution in [0.15, 0.2) is 84.2 Å². The van der Waals surface area contributed by atoms with E-state index in [0.29, 0.717) is 40.4 Å². The van der Waals surface area contributed by atoms with Gasteiger partial charge < -0.3 is 15.6 Å². The van der Waals surface area contributed by atoms with Crippen LogP contribution in [0.1, 0.15) is 29.3 Å². The lowest BCUT2D eigenvalue weighted by atomic mass is 10.00. The summed E-state index contributed by atoms with van der Waals surface area (Å²) in [6.07, 6.45) is 1.37. The first-order chi connectivity index (χ1) is 17.7. The van der Waals surface area contributed by atoms with E-state index in [1.165, 1.54) is 24.3 Å². The first-order valence-corrected chi connectivity index (χ1v) is 11.4. The molecule has 0 aliphatic heterocycles. The minimum Gasteiger partial charge on any atom is -0.358 e. The molecule has 1 aliphatic carbocycles. The molecule has 1 amide bonds. The van der Waals surface area contributed by atoms with Gasteiger partial charge in [0.1, 0.15) is 5.82 Å². The molecule has 0 bridgehead atoms. The molecule has 6 nitrogen and oxygen atoms in total. The third-order valence-corrected chi connectivity index (χ3v) is 6.01. The van der Waals surface area contributed by atoms with E-state index in [2.05, 4.69) is 25.6 Å². The molecule has 1 aliphatic rings. The third-order valence-electron chi connectivity index (χ3n) is 6.01. The molecular formula is C27H21F4N5O. The van der Waals surface area contributed by atoms with E-state index in [0.717, 1.165) is 17.7 Å². The number of carbonyl (C=O) groups is 1. The predicted octanol–water partition coefficient (Wildman–Crippen LogP) is 6.23. The number of hydrogen-bond donors (Lipinski definition) is 3. The van der Waals surface area contributed by atoms with Crippen molar-refractivity contribution in [2.24, 2.45) is 0 Å². The maximum absolute atomic E-state index is 13.4. The number of aromatic amines is 1. The third kappa shape index (κ3) is 5.23. The molecule has 0 saturated carbocycles. The van der Waals surface area contributed by atoms with Gasteiger partial charge in [-0.05, 0) is 73.5 Å². The zero-order chi connectivity index (χ0) is 26.2. The molecule has 2 aromatic carbocycles. The lowest BCUT2D eigenvalue weighted by Crippen LogP contribution is -2.35. The number of carbonyl (C=O) groups excluding carboxylic acids is 1. The van der Waals surface area contributed by atoms with Crippen molar-refractivity contribution in [1.82, 2.24) is 20.3 Å². The smallest absolute Gasteiger partial charge is 0.358 e.